The number of amides is 2. The maximum absolute atomic E-state index is 13.2. The molecule has 0 aliphatic carbocycles. The number of rotatable bonds is 12. The molecule has 164 valence electrons. The Hall–Kier alpha value is -2.12. The number of methoxy groups -OCH3 is 1. The zero-order valence-electron chi connectivity index (χ0n) is 19.1. The average molecular weight is 407 g/mol. The van der Waals surface area contributed by atoms with E-state index >= 15 is 0 Å². The molecule has 0 fully saturated rings. The normalized spacial score (nSPS) is 11.1. The van der Waals surface area contributed by atoms with E-state index in [4.69, 9.17) is 4.74 Å². The lowest BCUT2D eigenvalue weighted by atomic mass is 10.0. The Kier molecular flexibility index (Phi) is 10.7. The molecule has 0 saturated heterocycles. The van der Waals surface area contributed by atoms with E-state index in [0.717, 1.165) is 30.6 Å². The lowest BCUT2D eigenvalue weighted by Gasteiger charge is -2.30. The van der Waals surface area contributed by atoms with Gasteiger partial charge in [0.2, 0.25) is 11.8 Å². The van der Waals surface area contributed by atoms with Crippen molar-refractivity contribution in [2.24, 2.45) is 5.92 Å². The van der Waals surface area contributed by atoms with Crippen molar-refractivity contribution >= 4 is 23.2 Å². The van der Waals surface area contributed by atoms with E-state index in [1.807, 2.05) is 56.2 Å². The van der Waals surface area contributed by atoms with Crippen molar-refractivity contribution in [1.82, 2.24) is 9.80 Å². The van der Waals surface area contributed by atoms with E-state index < -0.39 is 0 Å². The molecule has 0 aliphatic heterocycles. The van der Waals surface area contributed by atoms with Gasteiger partial charge in [-0.05, 0) is 50.7 Å². The van der Waals surface area contributed by atoms with Crippen LogP contribution in [0.15, 0.2) is 18.2 Å². The molecule has 1 rings (SSSR count). The largest absolute Gasteiger partial charge is 0.377 e. The van der Waals surface area contributed by atoms with Gasteiger partial charge >= 0.3 is 0 Å². The van der Waals surface area contributed by atoms with E-state index in [2.05, 4.69) is 24.1 Å². The number of benzene rings is 1. The maximum atomic E-state index is 13.2. The Morgan fingerprint density at radius 2 is 1.72 bits per heavy atom. The predicted octanol–water partition coefficient (Wildman–Crippen LogP) is 2.66. The highest BCUT2D eigenvalue weighted by Gasteiger charge is 2.23. The summed E-state index contributed by atoms with van der Waals surface area (Å²) in [4.78, 5) is 31.1. The van der Waals surface area contributed by atoms with Crippen LogP contribution in [0.1, 0.15) is 32.3 Å². The maximum Gasteiger partial charge on any atom is 0.250 e. The smallest absolute Gasteiger partial charge is 0.250 e. The first-order chi connectivity index (χ1) is 13.7. The highest BCUT2D eigenvalue weighted by atomic mass is 16.5. The number of ether oxygens (including phenoxy) is 1. The lowest BCUT2D eigenvalue weighted by Crippen LogP contribution is -2.40. The van der Waals surface area contributed by atoms with E-state index in [1.165, 1.54) is 7.11 Å². The van der Waals surface area contributed by atoms with E-state index in [0.29, 0.717) is 18.8 Å². The number of likely N-dealkylation sites (N-methyl/N-ethyl adjacent to an activating group) is 1. The third kappa shape index (κ3) is 8.03. The van der Waals surface area contributed by atoms with Gasteiger partial charge in [-0.1, -0.05) is 13.8 Å². The molecule has 1 aromatic carbocycles. The van der Waals surface area contributed by atoms with Gasteiger partial charge < -0.3 is 24.8 Å². The van der Waals surface area contributed by atoms with Gasteiger partial charge in [-0.3, -0.25) is 9.59 Å². The number of nitrogens with zero attached hydrogens (tertiary/aromatic N) is 3. The monoisotopic (exact) mass is 406 g/mol. The molecule has 0 unspecified atom stereocenters. The Labute approximate surface area is 176 Å². The highest BCUT2D eigenvalue weighted by molar-refractivity contribution is 5.92. The van der Waals surface area contributed by atoms with Crippen LogP contribution in [0.3, 0.4) is 0 Å². The fraction of sp³-hybridized carbons (Fsp3) is 0.636. The summed E-state index contributed by atoms with van der Waals surface area (Å²) in [6.07, 6.45) is 1.67. The van der Waals surface area contributed by atoms with Gasteiger partial charge in [0.25, 0.3) is 0 Å². The van der Waals surface area contributed by atoms with Crippen LogP contribution >= 0.6 is 0 Å². The van der Waals surface area contributed by atoms with E-state index in [-0.39, 0.29) is 24.3 Å². The molecule has 0 atom stereocenters. The number of carbonyl (C=O) groups is 2. The summed E-state index contributed by atoms with van der Waals surface area (Å²) in [5, 5.41) is 2.85. The minimum atomic E-state index is -0.200. The molecular formula is C22H38N4O3. The minimum Gasteiger partial charge on any atom is -0.377 e. The summed E-state index contributed by atoms with van der Waals surface area (Å²) < 4.78 is 4.89. The summed E-state index contributed by atoms with van der Waals surface area (Å²) in [6, 6.07) is 5.80. The van der Waals surface area contributed by atoms with Crippen molar-refractivity contribution in [3.05, 3.63) is 23.8 Å². The molecule has 0 aromatic heterocycles. The fourth-order valence-corrected chi connectivity index (χ4v) is 3.24. The second-order valence-electron chi connectivity index (χ2n) is 7.80. The Balaban J connectivity index is 3.18. The number of hydrogen-bond acceptors (Lipinski definition) is 5. The van der Waals surface area contributed by atoms with Gasteiger partial charge in [0.1, 0.15) is 6.61 Å². The first-order valence-electron chi connectivity index (χ1n) is 10.3. The van der Waals surface area contributed by atoms with Crippen LogP contribution in [0, 0.1) is 5.92 Å². The van der Waals surface area contributed by atoms with Crippen molar-refractivity contribution in [3.8, 4) is 0 Å². The van der Waals surface area contributed by atoms with Crippen LogP contribution in [-0.4, -0.2) is 76.6 Å². The van der Waals surface area contributed by atoms with Crippen LogP contribution < -0.4 is 10.2 Å². The molecule has 2 amide bonds. The Morgan fingerprint density at radius 1 is 1.07 bits per heavy atom. The Bertz CT molecular complexity index is 657. The van der Waals surface area contributed by atoms with Crippen LogP contribution in [0.2, 0.25) is 0 Å². The summed E-state index contributed by atoms with van der Waals surface area (Å²) in [7, 11) is 9.48. The fourth-order valence-electron chi connectivity index (χ4n) is 3.24. The molecule has 0 spiro atoms. The van der Waals surface area contributed by atoms with Gasteiger partial charge in [-0.15, -0.1) is 0 Å². The topological polar surface area (TPSA) is 65.1 Å². The highest BCUT2D eigenvalue weighted by Crippen LogP contribution is 2.25. The van der Waals surface area contributed by atoms with Gasteiger partial charge in [-0.25, -0.2) is 0 Å². The van der Waals surface area contributed by atoms with Crippen LogP contribution in [0.25, 0.3) is 0 Å². The summed E-state index contributed by atoms with van der Waals surface area (Å²) in [5.74, 6) is 0.0218. The van der Waals surface area contributed by atoms with Crippen molar-refractivity contribution in [2.75, 3.05) is 65.2 Å². The van der Waals surface area contributed by atoms with Crippen LogP contribution in [-0.2, 0) is 20.9 Å². The molecule has 0 aliphatic rings. The van der Waals surface area contributed by atoms with Crippen molar-refractivity contribution in [1.29, 1.82) is 0 Å². The molecule has 0 saturated carbocycles. The molecule has 29 heavy (non-hydrogen) atoms. The number of anilines is 2. The quantitative estimate of drug-likeness (QED) is 0.578. The Morgan fingerprint density at radius 3 is 2.24 bits per heavy atom. The first-order valence-corrected chi connectivity index (χ1v) is 10.3. The molecule has 0 bridgehead atoms. The third-order valence-corrected chi connectivity index (χ3v) is 4.95. The molecule has 7 heteroatoms. The second kappa shape index (κ2) is 12.4. The summed E-state index contributed by atoms with van der Waals surface area (Å²) in [6.45, 7) is 6.10. The van der Waals surface area contributed by atoms with Crippen molar-refractivity contribution < 1.29 is 14.3 Å². The number of hydrogen-bond donors (Lipinski definition) is 1. The second-order valence-corrected chi connectivity index (χ2v) is 7.80. The van der Waals surface area contributed by atoms with E-state index in [1.54, 1.807) is 0 Å². The van der Waals surface area contributed by atoms with Crippen molar-refractivity contribution in [3.63, 3.8) is 0 Å². The molecule has 7 nitrogen and oxygen atoms in total. The van der Waals surface area contributed by atoms with Gasteiger partial charge in [0.05, 0.1) is 0 Å². The molecular weight excluding hydrogens is 368 g/mol. The van der Waals surface area contributed by atoms with Crippen molar-refractivity contribution in [2.45, 2.75) is 33.2 Å². The number of nitrogens with one attached hydrogen (secondary N) is 1. The standard InChI is InChI=1S/C22H38N4O3/c1-8-17(9-2)22(28)26(13-12-24(3)4)15-18-14-19(23-21(27)16-29-7)10-11-20(18)25(5)6/h10-11,14,17H,8-9,12-13,15-16H2,1-7H3,(H,23,27). The predicted molar refractivity (Wildman–Crippen MR) is 119 cm³/mol. The van der Waals surface area contributed by atoms with Gasteiger partial charge in [0, 0.05) is 58.1 Å². The molecule has 0 radical (unpaired) electrons. The number of carbonyl (C=O) groups excluding carboxylic acids is 2. The molecule has 1 N–H and O–H groups in total. The molecule has 0 heterocycles. The SMILES string of the molecule is CCC(CC)C(=O)N(CCN(C)C)Cc1cc(NC(=O)COC)ccc1N(C)C. The third-order valence-electron chi connectivity index (χ3n) is 4.95. The zero-order chi connectivity index (χ0) is 22.0. The van der Waals surface area contributed by atoms with Crippen LogP contribution in [0.4, 0.5) is 11.4 Å². The lowest BCUT2D eigenvalue weighted by molar-refractivity contribution is -0.136. The van der Waals surface area contributed by atoms with Gasteiger partial charge in [0.15, 0.2) is 0 Å². The molecule has 1 aromatic rings. The summed E-state index contributed by atoms with van der Waals surface area (Å²) >= 11 is 0. The van der Waals surface area contributed by atoms with E-state index in [9.17, 15) is 9.59 Å². The first kappa shape index (κ1) is 24.9. The van der Waals surface area contributed by atoms with Crippen LogP contribution in [0.5, 0.6) is 0 Å². The van der Waals surface area contributed by atoms with Gasteiger partial charge in [-0.2, -0.15) is 0 Å². The average Bonchev–Trinajstić information content (AvgIpc) is 2.65. The summed E-state index contributed by atoms with van der Waals surface area (Å²) in [5.41, 5.74) is 2.74. The minimum absolute atomic E-state index is 0.00684. The zero-order valence-corrected chi connectivity index (χ0v) is 19.1.